The van der Waals surface area contributed by atoms with E-state index in [0.717, 1.165) is 36.6 Å². The lowest BCUT2D eigenvalue weighted by molar-refractivity contribution is -0.137. The topological polar surface area (TPSA) is 24.9 Å². The molecule has 1 saturated heterocycles. The van der Waals surface area contributed by atoms with Crippen LogP contribution in [0.4, 0.5) is 19.0 Å². The van der Waals surface area contributed by atoms with Crippen molar-refractivity contribution in [3.63, 3.8) is 0 Å². The maximum absolute atomic E-state index is 12.3. The summed E-state index contributed by atoms with van der Waals surface area (Å²) >= 11 is 1.91. The van der Waals surface area contributed by atoms with Crippen LogP contribution in [0.1, 0.15) is 18.4 Å². The van der Waals surface area contributed by atoms with Gasteiger partial charge in [-0.1, -0.05) is 0 Å². The number of nitrogens with one attached hydrogen (secondary N) is 1. The smallest absolute Gasteiger partial charge is 0.367 e. The average molecular weight is 262 g/mol. The zero-order valence-electron chi connectivity index (χ0n) is 9.13. The molecule has 0 amide bonds. The number of halogens is 3. The van der Waals surface area contributed by atoms with Crippen LogP contribution in [0.25, 0.3) is 0 Å². The lowest BCUT2D eigenvalue weighted by atomic mass is 10.1. The summed E-state index contributed by atoms with van der Waals surface area (Å²) in [6.07, 6.45) is -1.37. The van der Waals surface area contributed by atoms with Gasteiger partial charge < -0.3 is 5.32 Å². The van der Waals surface area contributed by atoms with Gasteiger partial charge in [-0.25, -0.2) is 4.98 Å². The molecule has 2 nitrogen and oxygen atoms in total. The molecule has 0 unspecified atom stereocenters. The molecule has 17 heavy (non-hydrogen) atoms. The highest BCUT2D eigenvalue weighted by molar-refractivity contribution is 7.99. The van der Waals surface area contributed by atoms with Gasteiger partial charge in [-0.15, -0.1) is 0 Å². The Kier molecular flexibility index (Phi) is 3.81. The number of alkyl halides is 3. The van der Waals surface area contributed by atoms with Gasteiger partial charge in [-0.05, 0) is 36.5 Å². The standard InChI is InChI=1S/C11H13F3N2S/c12-11(13,14)8-1-2-10(15-7-8)16-9-3-5-17-6-4-9/h1-2,7,9H,3-6H2,(H,15,16). The summed E-state index contributed by atoms with van der Waals surface area (Å²) in [5.41, 5.74) is -0.706. The van der Waals surface area contributed by atoms with E-state index in [1.165, 1.54) is 6.07 Å². The zero-order chi connectivity index (χ0) is 12.3. The van der Waals surface area contributed by atoms with Crippen LogP contribution < -0.4 is 5.32 Å². The number of hydrogen-bond acceptors (Lipinski definition) is 3. The van der Waals surface area contributed by atoms with E-state index < -0.39 is 11.7 Å². The van der Waals surface area contributed by atoms with Crippen molar-refractivity contribution < 1.29 is 13.2 Å². The normalized spacial score (nSPS) is 18.1. The van der Waals surface area contributed by atoms with Crippen LogP contribution in [-0.4, -0.2) is 22.5 Å². The summed E-state index contributed by atoms with van der Waals surface area (Å²) in [5.74, 6) is 2.71. The Hall–Kier alpha value is -0.910. The summed E-state index contributed by atoms with van der Waals surface area (Å²) in [6, 6.07) is 2.79. The van der Waals surface area contributed by atoms with Crippen molar-refractivity contribution >= 4 is 17.6 Å². The van der Waals surface area contributed by atoms with Crippen LogP contribution in [0.15, 0.2) is 18.3 Å². The van der Waals surface area contributed by atoms with Crippen molar-refractivity contribution in [2.45, 2.75) is 25.1 Å². The number of anilines is 1. The van der Waals surface area contributed by atoms with E-state index in [4.69, 9.17) is 0 Å². The highest BCUT2D eigenvalue weighted by Crippen LogP contribution is 2.29. The molecule has 0 radical (unpaired) electrons. The Balaban J connectivity index is 1.98. The van der Waals surface area contributed by atoms with Crippen molar-refractivity contribution in [2.75, 3.05) is 16.8 Å². The Morgan fingerprint density at radius 2 is 1.94 bits per heavy atom. The summed E-state index contributed by atoms with van der Waals surface area (Å²) < 4.78 is 36.9. The maximum atomic E-state index is 12.3. The Bertz CT molecular complexity index is 358. The first-order valence-electron chi connectivity index (χ1n) is 5.43. The van der Waals surface area contributed by atoms with Gasteiger partial charge in [0, 0.05) is 12.2 Å². The van der Waals surface area contributed by atoms with Crippen LogP contribution in [0, 0.1) is 0 Å². The largest absolute Gasteiger partial charge is 0.417 e. The Morgan fingerprint density at radius 1 is 1.24 bits per heavy atom. The second kappa shape index (κ2) is 5.16. The summed E-state index contributed by atoms with van der Waals surface area (Å²) in [7, 11) is 0. The first kappa shape index (κ1) is 12.5. The monoisotopic (exact) mass is 262 g/mol. The van der Waals surface area contributed by atoms with E-state index >= 15 is 0 Å². The number of nitrogens with zero attached hydrogens (tertiary/aromatic N) is 1. The molecule has 1 aliphatic heterocycles. The molecule has 0 aliphatic carbocycles. The third-order valence-corrected chi connectivity index (χ3v) is 3.71. The molecule has 1 aromatic rings. The number of hydrogen-bond donors (Lipinski definition) is 1. The fourth-order valence-corrected chi connectivity index (χ4v) is 2.80. The molecule has 94 valence electrons. The van der Waals surface area contributed by atoms with Crippen LogP contribution in [-0.2, 0) is 6.18 Å². The van der Waals surface area contributed by atoms with E-state index in [9.17, 15) is 13.2 Å². The minimum atomic E-state index is -4.31. The van der Waals surface area contributed by atoms with Crippen LogP contribution in [0.2, 0.25) is 0 Å². The number of thioether (sulfide) groups is 1. The molecule has 0 aromatic carbocycles. The van der Waals surface area contributed by atoms with Gasteiger partial charge >= 0.3 is 6.18 Å². The van der Waals surface area contributed by atoms with E-state index in [1.807, 2.05) is 11.8 Å². The average Bonchev–Trinajstić information content (AvgIpc) is 2.30. The Morgan fingerprint density at radius 3 is 2.47 bits per heavy atom. The van der Waals surface area contributed by atoms with Crippen molar-refractivity contribution in [3.05, 3.63) is 23.9 Å². The van der Waals surface area contributed by atoms with Crippen LogP contribution >= 0.6 is 11.8 Å². The second-order valence-corrected chi connectivity index (χ2v) is 5.19. The third kappa shape index (κ3) is 3.52. The molecule has 2 heterocycles. The van der Waals surface area contributed by atoms with Gasteiger partial charge in [0.1, 0.15) is 5.82 Å². The quantitative estimate of drug-likeness (QED) is 0.884. The molecule has 0 bridgehead atoms. The van der Waals surface area contributed by atoms with Crippen molar-refractivity contribution in [3.8, 4) is 0 Å². The summed E-state index contributed by atoms with van der Waals surface area (Å²) in [4.78, 5) is 3.80. The minimum Gasteiger partial charge on any atom is -0.367 e. The minimum absolute atomic E-state index is 0.334. The van der Waals surface area contributed by atoms with Gasteiger partial charge in [-0.2, -0.15) is 24.9 Å². The van der Waals surface area contributed by atoms with Gasteiger partial charge in [0.15, 0.2) is 0 Å². The van der Waals surface area contributed by atoms with Crippen LogP contribution in [0.5, 0.6) is 0 Å². The molecule has 2 rings (SSSR count). The van der Waals surface area contributed by atoms with Crippen LogP contribution in [0.3, 0.4) is 0 Å². The fourth-order valence-electron chi connectivity index (χ4n) is 1.70. The lowest BCUT2D eigenvalue weighted by Gasteiger charge is -2.23. The molecule has 0 saturated carbocycles. The molecule has 1 aliphatic rings. The Labute approximate surface area is 102 Å². The van der Waals surface area contributed by atoms with Gasteiger partial charge in [0.25, 0.3) is 0 Å². The van der Waals surface area contributed by atoms with E-state index in [0.29, 0.717) is 11.9 Å². The highest BCUT2D eigenvalue weighted by Gasteiger charge is 2.30. The number of aromatic nitrogens is 1. The third-order valence-electron chi connectivity index (χ3n) is 2.66. The first-order chi connectivity index (χ1) is 8.05. The van der Waals surface area contributed by atoms with Gasteiger partial charge in [-0.3, -0.25) is 0 Å². The van der Waals surface area contributed by atoms with Crippen molar-refractivity contribution in [1.29, 1.82) is 0 Å². The first-order valence-corrected chi connectivity index (χ1v) is 6.59. The molecular formula is C11H13F3N2S. The second-order valence-electron chi connectivity index (χ2n) is 3.96. The molecule has 0 atom stereocenters. The molecule has 6 heteroatoms. The SMILES string of the molecule is FC(F)(F)c1ccc(NC2CCSCC2)nc1. The zero-order valence-corrected chi connectivity index (χ0v) is 9.94. The predicted octanol–water partition coefficient (Wildman–Crippen LogP) is 3.41. The number of rotatable bonds is 2. The van der Waals surface area contributed by atoms with Crippen molar-refractivity contribution in [1.82, 2.24) is 4.98 Å². The molecule has 0 spiro atoms. The molecular weight excluding hydrogens is 249 g/mol. The molecule has 1 N–H and O–H groups in total. The lowest BCUT2D eigenvalue weighted by Crippen LogP contribution is -2.25. The number of pyridine rings is 1. The molecule has 1 fully saturated rings. The summed E-state index contributed by atoms with van der Waals surface area (Å²) in [5, 5.41) is 3.17. The van der Waals surface area contributed by atoms with E-state index in [-0.39, 0.29) is 0 Å². The van der Waals surface area contributed by atoms with E-state index in [1.54, 1.807) is 0 Å². The fraction of sp³-hybridized carbons (Fsp3) is 0.545. The predicted molar refractivity (Wildman–Crippen MR) is 63.2 cm³/mol. The maximum Gasteiger partial charge on any atom is 0.417 e. The van der Waals surface area contributed by atoms with Crippen molar-refractivity contribution in [2.24, 2.45) is 0 Å². The van der Waals surface area contributed by atoms with Gasteiger partial charge in [0.05, 0.1) is 5.56 Å². The highest BCUT2D eigenvalue weighted by atomic mass is 32.2. The molecule has 1 aromatic heterocycles. The van der Waals surface area contributed by atoms with Gasteiger partial charge in [0.2, 0.25) is 0 Å². The van der Waals surface area contributed by atoms with E-state index in [2.05, 4.69) is 10.3 Å². The summed E-state index contributed by atoms with van der Waals surface area (Å²) in [6.45, 7) is 0.